The fourth-order valence-electron chi connectivity index (χ4n) is 5.71. The third-order valence-electron chi connectivity index (χ3n) is 7.15. The summed E-state index contributed by atoms with van der Waals surface area (Å²) >= 11 is 0. The van der Waals surface area contributed by atoms with Crippen molar-refractivity contribution in [3.05, 3.63) is 72.1 Å². The van der Waals surface area contributed by atoms with Gasteiger partial charge >= 0.3 is 0 Å². The zero-order valence-corrected chi connectivity index (χ0v) is 16.0. The first-order valence-electron chi connectivity index (χ1n) is 10.3. The van der Waals surface area contributed by atoms with E-state index in [-0.39, 0.29) is 47.2 Å². The Morgan fingerprint density at radius 3 is 2.00 bits per heavy atom. The van der Waals surface area contributed by atoms with Crippen LogP contribution in [0.15, 0.2) is 60.7 Å². The third kappa shape index (κ3) is 2.43. The van der Waals surface area contributed by atoms with Gasteiger partial charge in [0.2, 0.25) is 11.8 Å². The zero-order valence-electron chi connectivity index (χ0n) is 16.0. The van der Waals surface area contributed by atoms with Gasteiger partial charge < -0.3 is 5.32 Å². The average Bonchev–Trinajstić information content (AvgIpc) is 3.53. The maximum Gasteiger partial charge on any atom is 0.255 e. The number of nitrogens with zero attached hydrogens (tertiary/aromatic N) is 1. The molecular weight excluding hydrogens is 383 g/mol. The normalized spacial score (nSPS) is 32.8. The summed E-state index contributed by atoms with van der Waals surface area (Å²) in [6, 6.07) is 12.0. The summed E-state index contributed by atoms with van der Waals surface area (Å²) in [6.07, 6.45) is 5.43. The summed E-state index contributed by atoms with van der Waals surface area (Å²) in [7, 11) is 0. The van der Waals surface area contributed by atoms with Crippen LogP contribution < -0.4 is 10.2 Å². The highest BCUT2D eigenvalue weighted by Crippen LogP contribution is 2.65. The fourth-order valence-corrected chi connectivity index (χ4v) is 5.71. The number of allylic oxidation sites excluding steroid dienone is 2. The molecule has 7 rings (SSSR count). The van der Waals surface area contributed by atoms with E-state index in [1.807, 2.05) is 0 Å². The fraction of sp³-hybridized carbons (Fsp3) is 0.292. The number of hydrogen-bond acceptors (Lipinski definition) is 3. The number of halogens is 1. The lowest BCUT2D eigenvalue weighted by atomic mass is 9.63. The van der Waals surface area contributed by atoms with E-state index in [0.717, 1.165) is 6.42 Å². The molecule has 2 aromatic rings. The molecule has 5 aliphatic rings. The molecule has 1 aliphatic heterocycles. The Morgan fingerprint density at radius 1 is 0.867 bits per heavy atom. The van der Waals surface area contributed by atoms with Gasteiger partial charge in [-0.1, -0.05) is 12.2 Å². The van der Waals surface area contributed by atoms with Gasteiger partial charge in [0.25, 0.3) is 5.91 Å². The first-order chi connectivity index (χ1) is 14.5. The van der Waals surface area contributed by atoms with Crippen LogP contribution in [0.2, 0.25) is 0 Å². The van der Waals surface area contributed by atoms with E-state index in [1.165, 1.54) is 29.2 Å². The Bertz CT molecular complexity index is 1070. The minimum absolute atomic E-state index is 0.113. The highest BCUT2D eigenvalue weighted by molar-refractivity contribution is 6.22. The largest absolute Gasteiger partial charge is 0.322 e. The predicted octanol–water partition coefficient (Wildman–Crippen LogP) is 3.64. The molecule has 0 aromatic heterocycles. The van der Waals surface area contributed by atoms with Crippen molar-refractivity contribution < 1.29 is 18.8 Å². The quantitative estimate of drug-likeness (QED) is 0.630. The number of anilines is 2. The molecule has 5 nitrogen and oxygen atoms in total. The van der Waals surface area contributed by atoms with E-state index in [9.17, 15) is 18.8 Å². The van der Waals surface area contributed by atoms with Crippen LogP contribution in [-0.2, 0) is 9.59 Å². The zero-order chi connectivity index (χ0) is 20.6. The van der Waals surface area contributed by atoms with Crippen molar-refractivity contribution in [2.75, 3.05) is 10.2 Å². The summed E-state index contributed by atoms with van der Waals surface area (Å²) in [5, 5.41) is 2.70. The monoisotopic (exact) mass is 402 g/mol. The van der Waals surface area contributed by atoms with Crippen LogP contribution in [0.25, 0.3) is 0 Å². The number of carbonyl (C=O) groups is 3. The summed E-state index contributed by atoms with van der Waals surface area (Å²) < 4.78 is 13.0. The van der Waals surface area contributed by atoms with Gasteiger partial charge in [0.1, 0.15) is 5.82 Å². The van der Waals surface area contributed by atoms with Crippen LogP contribution in [0.5, 0.6) is 0 Å². The molecular formula is C24H19FN2O3. The van der Waals surface area contributed by atoms with E-state index in [2.05, 4.69) is 17.5 Å². The van der Waals surface area contributed by atoms with Crippen molar-refractivity contribution in [2.24, 2.45) is 35.5 Å². The van der Waals surface area contributed by atoms with Gasteiger partial charge in [-0.05, 0) is 78.6 Å². The van der Waals surface area contributed by atoms with Crippen molar-refractivity contribution in [1.82, 2.24) is 0 Å². The standard InChI is InChI=1S/C24H19FN2O3/c25-13-3-5-14(6-4-13)26-22(28)12-1-7-15(8-2-12)27-23(29)20-16-9-10-17(19-11-18(16)19)21(20)24(27)30/h1-10,16-21H,11H2,(H,26,28)/t16-,17-,18-,19-,20+,21+/m1/s1. The molecule has 4 aliphatic carbocycles. The van der Waals surface area contributed by atoms with Crippen LogP contribution in [0.4, 0.5) is 15.8 Å². The second-order valence-corrected chi connectivity index (χ2v) is 8.67. The van der Waals surface area contributed by atoms with Gasteiger partial charge in [0, 0.05) is 11.3 Å². The molecule has 2 aromatic carbocycles. The van der Waals surface area contributed by atoms with Gasteiger partial charge in [-0.2, -0.15) is 0 Å². The molecule has 3 amide bonds. The molecule has 1 heterocycles. The van der Waals surface area contributed by atoms with Crippen LogP contribution in [0, 0.1) is 41.3 Å². The summed E-state index contributed by atoms with van der Waals surface area (Å²) in [5.41, 5.74) is 1.38. The lowest BCUT2D eigenvalue weighted by Crippen LogP contribution is -2.40. The molecule has 2 saturated carbocycles. The highest BCUT2D eigenvalue weighted by atomic mass is 19.1. The minimum Gasteiger partial charge on any atom is -0.322 e. The van der Waals surface area contributed by atoms with Crippen molar-refractivity contribution in [1.29, 1.82) is 0 Å². The number of rotatable bonds is 3. The number of carbonyl (C=O) groups excluding carboxylic acids is 3. The van der Waals surface area contributed by atoms with Crippen LogP contribution in [0.3, 0.4) is 0 Å². The lowest BCUT2D eigenvalue weighted by molar-refractivity contribution is -0.124. The van der Waals surface area contributed by atoms with E-state index in [1.54, 1.807) is 24.3 Å². The molecule has 6 heteroatoms. The van der Waals surface area contributed by atoms with E-state index >= 15 is 0 Å². The van der Waals surface area contributed by atoms with Crippen molar-refractivity contribution in [2.45, 2.75) is 6.42 Å². The Kier molecular flexibility index (Phi) is 3.58. The van der Waals surface area contributed by atoms with Gasteiger partial charge in [-0.3, -0.25) is 19.3 Å². The molecule has 1 N–H and O–H groups in total. The molecule has 0 radical (unpaired) electrons. The minimum atomic E-state index is -0.376. The lowest BCUT2D eigenvalue weighted by Gasteiger charge is -2.37. The number of imide groups is 1. The van der Waals surface area contributed by atoms with Crippen LogP contribution in [0.1, 0.15) is 16.8 Å². The van der Waals surface area contributed by atoms with Gasteiger partial charge in [0.05, 0.1) is 17.5 Å². The molecule has 2 bridgehead atoms. The van der Waals surface area contributed by atoms with Crippen molar-refractivity contribution in [3.63, 3.8) is 0 Å². The van der Waals surface area contributed by atoms with Crippen molar-refractivity contribution in [3.8, 4) is 0 Å². The smallest absolute Gasteiger partial charge is 0.255 e. The predicted molar refractivity (Wildman–Crippen MR) is 108 cm³/mol. The Hall–Kier alpha value is -3.28. The number of benzene rings is 2. The first kappa shape index (κ1) is 17.6. The second kappa shape index (κ2) is 6.11. The Balaban J connectivity index is 1.23. The number of amides is 3. The van der Waals surface area contributed by atoms with Gasteiger partial charge in [0.15, 0.2) is 0 Å². The van der Waals surface area contributed by atoms with Crippen LogP contribution in [-0.4, -0.2) is 17.7 Å². The number of hydrogen-bond donors (Lipinski definition) is 1. The molecule has 30 heavy (non-hydrogen) atoms. The molecule has 0 unspecified atom stereocenters. The first-order valence-corrected chi connectivity index (χ1v) is 10.3. The third-order valence-corrected chi connectivity index (χ3v) is 7.15. The number of nitrogens with one attached hydrogen (secondary N) is 1. The SMILES string of the molecule is O=C(Nc1ccc(F)cc1)c1ccc(N2C(=O)[C@H]3[C@@H]4C=C[C@H]([C@H]5C[C@H]45)[C@@H]3C2=O)cc1. The van der Waals surface area contributed by atoms with E-state index in [4.69, 9.17) is 0 Å². The molecule has 3 fully saturated rings. The van der Waals surface area contributed by atoms with E-state index in [0.29, 0.717) is 28.8 Å². The summed E-state index contributed by atoms with van der Waals surface area (Å²) in [5.74, 6) is 0.0826. The maximum atomic E-state index is 13.2. The maximum absolute atomic E-state index is 13.2. The molecule has 6 atom stereocenters. The molecule has 1 saturated heterocycles. The van der Waals surface area contributed by atoms with Crippen LogP contribution >= 0.6 is 0 Å². The molecule has 0 spiro atoms. The Labute approximate surface area is 172 Å². The highest BCUT2D eigenvalue weighted by Gasteiger charge is 2.67. The van der Waals surface area contributed by atoms with Gasteiger partial charge in [-0.15, -0.1) is 0 Å². The second-order valence-electron chi connectivity index (χ2n) is 8.67. The van der Waals surface area contributed by atoms with E-state index < -0.39 is 0 Å². The topological polar surface area (TPSA) is 66.5 Å². The summed E-state index contributed by atoms with van der Waals surface area (Å²) in [6.45, 7) is 0. The van der Waals surface area contributed by atoms with Crippen molar-refractivity contribution >= 4 is 29.1 Å². The Morgan fingerprint density at radius 2 is 1.43 bits per heavy atom. The summed E-state index contributed by atoms with van der Waals surface area (Å²) in [4.78, 5) is 40.1. The van der Waals surface area contributed by atoms with Gasteiger partial charge in [-0.25, -0.2) is 4.39 Å². The molecule has 150 valence electrons. The average molecular weight is 402 g/mol.